The standard InChI is InChI=1S/C18H28ClN3O/c1-13(2)22(14(3)4)18(23)12-21-10-9-20-11-17(21)15-7-5-6-8-16(15)19/h5-8,13-14,17,20H,9-12H2,1-4H3. The van der Waals surface area contributed by atoms with Crippen LogP contribution in [-0.2, 0) is 4.79 Å². The van der Waals surface area contributed by atoms with Gasteiger partial charge in [-0.1, -0.05) is 29.8 Å². The predicted molar refractivity (Wildman–Crippen MR) is 95.8 cm³/mol. The molecule has 1 saturated heterocycles. The highest BCUT2D eigenvalue weighted by Crippen LogP contribution is 2.28. The third-order valence-corrected chi connectivity index (χ3v) is 4.70. The second-order valence-corrected chi connectivity index (χ2v) is 7.11. The molecule has 0 saturated carbocycles. The van der Waals surface area contributed by atoms with Gasteiger partial charge in [0.05, 0.1) is 6.54 Å². The summed E-state index contributed by atoms with van der Waals surface area (Å²) in [6, 6.07) is 8.48. The van der Waals surface area contributed by atoms with Gasteiger partial charge in [0.25, 0.3) is 0 Å². The average Bonchev–Trinajstić information content (AvgIpc) is 2.47. The van der Waals surface area contributed by atoms with Gasteiger partial charge in [0.15, 0.2) is 0 Å². The van der Waals surface area contributed by atoms with E-state index in [4.69, 9.17) is 11.6 Å². The molecule has 0 bridgehead atoms. The number of benzene rings is 1. The van der Waals surface area contributed by atoms with E-state index in [1.54, 1.807) is 0 Å². The summed E-state index contributed by atoms with van der Waals surface area (Å²) < 4.78 is 0. The van der Waals surface area contributed by atoms with Gasteiger partial charge in [-0.2, -0.15) is 0 Å². The summed E-state index contributed by atoms with van der Waals surface area (Å²) in [5, 5.41) is 4.18. The zero-order chi connectivity index (χ0) is 17.0. The molecule has 2 rings (SSSR count). The van der Waals surface area contributed by atoms with Gasteiger partial charge >= 0.3 is 0 Å². The van der Waals surface area contributed by atoms with Crippen LogP contribution in [0.4, 0.5) is 0 Å². The molecule has 1 aliphatic heterocycles. The third-order valence-electron chi connectivity index (χ3n) is 4.36. The Morgan fingerprint density at radius 1 is 1.30 bits per heavy atom. The van der Waals surface area contributed by atoms with Crippen LogP contribution in [0.5, 0.6) is 0 Å². The minimum Gasteiger partial charge on any atom is -0.337 e. The number of hydrogen-bond donors (Lipinski definition) is 1. The summed E-state index contributed by atoms with van der Waals surface area (Å²) in [5.74, 6) is 0.189. The van der Waals surface area contributed by atoms with Gasteiger partial charge in [0.2, 0.25) is 5.91 Å². The summed E-state index contributed by atoms with van der Waals surface area (Å²) in [5.41, 5.74) is 1.09. The molecule has 1 unspecified atom stereocenters. The maximum atomic E-state index is 12.8. The fraction of sp³-hybridized carbons (Fsp3) is 0.611. The third kappa shape index (κ3) is 4.46. The molecule has 23 heavy (non-hydrogen) atoms. The van der Waals surface area contributed by atoms with Crippen molar-refractivity contribution < 1.29 is 4.79 Å². The van der Waals surface area contributed by atoms with Crippen molar-refractivity contribution in [3.8, 4) is 0 Å². The molecule has 0 aromatic heterocycles. The first-order valence-corrected chi connectivity index (χ1v) is 8.80. The van der Waals surface area contributed by atoms with Gasteiger partial charge in [0, 0.05) is 42.8 Å². The van der Waals surface area contributed by atoms with Crippen molar-refractivity contribution in [1.29, 1.82) is 0 Å². The van der Waals surface area contributed by atoms with Crippen molar-refractivity contribution in [3.05, 3.63) is 34.9 Å². The Morgan fingerprint density at radius 2 is 1.96 bits per heavy atom. The monoisotopic (exact) mass is 337 g/mol. The maximum Gasteiger partial charge on any atom is 0.237 e. The number of piperazine rings is 1. The number of hydrogen-bond acceptors (Lipinski definition) is 3. The smallest absolute Gasteiger partial charge is 0.237 e. The first kappa shape index (κ1) is 18.2. The van der Waals surface area contributed by atoms with Crippen molar-refractivity contribution in [3.63, 3.8) is 0 Å². The van der Waals surface area contributed by atoms with Crippen LogP contribution in [0.25, 0.3) is 0 Å². The van der Waals surface area contributed by atoms with Crippen molar-refractivity contribution in [2.45, 2.75) is 45.8 Å². The highest BCUT2D eigenvalue weighted by Gasteiger charge is 2.29. The average molecular weight is 338 g/mol. The number of rotatable bonds is 5. The van der Waals surface area contributed by atoms with Crippen LogP contribution in [0.15, 0.2) is 24.3 Å². The van der Waals surface area contributed by atoms with Crippen LogP contribution in [0.1, 0.15) is 39.3 Å². The molecule has 1 aliphatic rings. The fourth-order valence-corrected chi connectivity index (χ4v) is 3.68. The molecule has 1 amide bonds. The van der Waals surface area contributed by atoms with Crippen molar-refractivity contribution in [2.24, 2.45) is 0 Å². The van der Waals surface area contributed by atoms with E-state index in [0.29, 0.717) is 6.54 Å². The van der Waals surface area contributed by atoms with Crippen molar-refractivity contribution in [2.75, 3.05) is 26.2 Å². The number of nitrogens with zero attached hydrogens (tertiary/aromatic N) is 2. The van der Waals surface area contributed by atoms with Crippen LogP contribution in [0, 0.1) is 0 Å². The van der Waals surface area contributed by atoms with E-state index in [1.165, 1.54) is 0 Å². The quantitative estimate of drug-likeness (QED) is 0.897. The molecule has 4 nitrogen and oxygen atoms in total. The van der Waals surface area contributed by atoms with Gasteiger partial charge in [0.1, 0.15) is 0 Å². The zero-order valence-electron chi connectivity index (χ0n) is 14.6. The Balaban J connectivity index is 2.16. The van der Waals surface area contributed by atoms with Crippen molar-refractivity contribution in [1.82, 2.24) is 15.1 Å². The molecule has 1 fully saturated rings. The molecular formula is C18H28ClN3O. The molecule has 0 spiro atoms. The molecule has 1 aromatic rings. The second-order valence-electron chi connectivity index (χ2n) is 6.70. The summed E-state index contributed by atoms with van der Waals surface area (Å²) in [6.07, 6.45) is 0. The SMILES string of the molecule is CC(C)N(C(=O)CN1CCNCC1c1ccccc1Cl)C(C)C. The highest BCUT2D eigenvalue weighted by molar-refractivity contribution is 6.31. The topological polar surface area (TPSA) is 35.6 Å². The summed E-state index contributed by atoms with van der Waals surface area (Å²) in [7, 11) is 0. The minimum absolute atomic E-state index is 0.141. The van der Waals surface area contributed by atoms with E-state index in [1.807, 2.05) is 23.1 Å². The van der Waals surface area contributed by atoms with Gasteiger partial charge in [-0.25, -0.2) is 0 Å². The normalized spacial score (nSPS) is 19.3. The van der Waals surface area contributed by atoms with Crippen LogP contribution >= 0.6 is 11.6 Å². The Morgan fingerprint density at radius 3 is 2.57 bits per heavy atom. The van der Waals surface area contributed by atoms with E-state index in [-0.39, 0.29) is 24.0 Å². The van der Waals surface area contributed by atoms with Crippen LogP contribution in [0.3, 0.4) is 0 Å². The number of nitrogens with one attached hydrogen (secondary N) is 1. The Labute approximate surface area is 144 Å². The summed E-state index contributed by atoms with van der Waals surface area (Å²) in [4.78, 5) is 17.0. The van der Waals surface area contributed by atoms with Gasteiger partial charge < -0.3 is 10.2 Å². The molecular weight excluding hydrogens is 310 g/mol. The summed E-state index contributed by atoms with van der Waals surface area (Å²) in [6.45, 7) is 11.3. The van der Waals surface area contributed by atoms with E-state index in [2.05, 4.69) is 44.0 Å². The van der Waals surface area contributed by atoms with E-state index < -0.39 is 0 Å². The molecule has 1 atom stereocenters. The minimum atomic E-state index is 0.141. The fourth-order valence-electron chi connectivity index (χ4n) is 3.42. The largest absolute Gasteiger partial charge is 0.337 e. The van der Waals surface area contributed by atoms with Gasteiger partial charge in [-0.15, -0.1) is 0 Å². The Kier molecular flexibility index (Phi) is 6.45. The van der Waals surface area contributed by atoms with Crippen LogP contribution < -0.4 is 5.32 Å². The lowest BCUT2D eigenvalue weighted by atomic mass is 10.0. The van der Waals surface area contributed by atoms with Gasteiger partial charge in [-0.3, -0.25) is 9.69 Å². The molecule has 1 aromatic carbocycles. The number of carbonyl (C=O) groups excluding carboxylic acids is 1. The van der Waals surface area contributed by atoms with Crippen molar-refractivity contribution >= 4 is 17.5 Å². The van der Waals surface area contributed by atoms with Crippen LogP contribution in [0.2, 0.25) is 5.02 Å². The van der Waals surface area contributed by atoms with Crippen LogP contribution in [-0.4, -0.2) is 54.0 Å². The molecule has 128 valence electrons. The van der Waals surface area contributed by atoms with E-state index >= 15 is 0 Å². The molecule has 0 aliphatic carbocycles. The summed E-state index contributed by atoms with van der Waals surface area (Å²) >= 11 is 6.37. The lowest BCUT2D eigenvalue weighted by molar-refractivity contribution is -0.136. The number of carbonyl (C=O) groups is 1. The molecule has 1 N–H and O–H groups in total. The highest BCUT2D eigenvalue weighted by atomic mass is 35.5. The molecule has 1 heterocycles. The maximum absolute atomic E-state index is 12.8. The Bertz CT molecular complexity index is 525. The first-order valence-electron chi connectivity index (χ1n) is 8.42. The van der Waals surface area contributed by atoms with Gasteiger partial charge in [-0.05, 0) is 39.3 Å². The van der Waals surface area contributed by atoms with E-state index in [9.17, 15) is 4.79 Å². The second kappa shape index (κ2) is 8.13. The first-order chi connectivity index (χ1) is 10.9. The number of amides is 1. The zero-order valence-corrected chi connectivity index (χ0v) is 15.3. The lowest BCUT2D eigenvalue weighted by Gasteiger charge is -2.39. The molecule has 5 heteroatoms. The molecule has 0 radical (unpaired) electrons. The Hall–Kier alpha value is -1.10. The number of halogens is 1. The van der Waals surface area contributed by atoms with E-state index in [0.717, 1.165) is 30.2 Å². The predicted octanol–water partition coefficient (Wildman–Crippen LogP) is 2.93. The lowest BCUT2D eigenvalue weighted by Crippen LogP contribution is -2.52.